The molecular formula is C55H37NOS. The molecule has 2 aromatic heterocycles. The Labute approximate surface area is 340 Å². The van der Waals surface area contributed by atoms with Gasteiger partial charge in [-0.25, -0.2) is 0 Å². The molecule has 0 spiro atoms. The average molecular weight is 760 g/mol. The van der Waals surface area contributed by atoms with Crippen LogP contribution in [0.2, 0.25) is 0 Å². The van der Waals surface area contributed by atoms with Crippen LogP contribution in [-0.2, 0) is 5.41 Å². The Morgan fingerprint density at radius 2 is 1.03 bits per heavy atom. The lowest BCUT2D eigenvalue weighted by molar-refractivity contribution is 0.660. The molecule has 0 unspecified atom stereocenters. The molecule has 2 nitrogen and oxygen atoms in total. The number of fused-ring (bicyclic) bond motifs is 11. The van der Waals surface area contributed by atoms with Gasteiger partial charge in [-0.2, -0.15) is 0 Å². The highest BCUT2D eigenvalue weighted by Crippen LogP contribution is 2.51. The van der Waals surface area contributed by atoms with E-state index in [1.54, 1.807) is 0 Å². The van der Waals surface area contributed by atoms with Gasteiger partial charge in [0.25, 0.3) is 0 Å². The number of hydrogen-bond donors (Lipinski definition) is 0. The van der Waals surface area contributed by atoms with Gasteiger partial charge in [0.2, 0.25) is 0 Å². The van der Waals surface area contributed by atoms with Gasteiger partial charge in [0.05, 0.1) is 5.69 Å². The lowest BCUT2D eigenvalue weighted by Crippen LogP contribution is -2.14. The fourth-order valence-electron chi connectivity index (χ4n) is 9.61. The van der Waals surface area contributed by atoms with E-state index in [9.17, 15) is 0 Å². The summed E-state index contributed by atoms with van der Waals surface area (Å²) < 4.78 is 9.74. The largest absolute Gasteiger partial charge is 0.453 e. The van der Waals surface area contributed by atoms with Gasteiger partial charge in [0, 0.05) is 53.1 Å². The second-order valence-electron chi connectivity index (χ2n) is 16.1. The van der Waals surface area contributed by atoms with Crippen molar-refractivity contribution in [2.75, 3.05) is 4.90 Å². The molecule has 0 saturated carbocycles. The van der Waals surface area contributed by atoms with E-state index in [-0.39, 0.29) is 5.41 Å². The third kappa shape index (κ3) is 4.90. The monoisotopic (exact) mass is 759 g/mol. The molecule has 0 radical (unpaired) electrons. The molecular weight excluding hydrogens is 723 g/mol. The number of furan rings is 1. The van der Waals surface area contributed by atoms with E-state index < -0.39 is 0 Å². The Morgan fingerprint density at radius 1 is 0.397 bits per heavy atom. The molecule has 0 atom stereocenters. The first-order valence-electron chi connectivity index (χ1n) is 20.0. The molecule has 0 aliphatic heterocycles. The van der Waals surface area contributed by atoms with E-state index in [1.165, 1.54) is 70.1 Å². The summed E-state index contributed by atoms with van der Waals surface area (Å²) in [4.78, 5) is 2.37. The van der Waals surface area contributed by atoms with Crippen LogP contribution in [-0.4, -0.2) is 0 Å². The molecule has 0 amide bonds. The number of benzene rings is 9. The lowest BCUT2D eigenvalue weighted by Gasteiger charge is -2.26. The highest BCUT2D eigenvalue weighted by atomic mass is 32.1. The topological polar surface area (TPSA) is 16.4 Å². The fourth-order valence-corrected chi connectivity index (χ4v) is 10.7. The quantitative estimate of drug-likeness (QED) is 0.174. The van der Waals surface area contributed by atoms with E-state index in [0.717, 1.165) is 44.4 Å². The van der Waals surface area contributed by atoms with Gasteiger partial charge in [0.1, 0.15) is 5.58 Å². The summed E-state index contributed by atoms with van der Waals surface area (Å²) >= 11 is 1.85. The first kappa shape index (κ1) is 33.2. The maximum Gasteiger partial charge on any atom is 0.159 e. The highest BCUT2D eigenvalue weighted by molar-refractivity contribution is 7.25. The Morgan fingerprint density at radius 3 is 1.90 bits per heavy atom. The number of anilines is 3. The second kappa shape index (κ2) is 12.5. The van der Waals surface area contributed by atoms with Crippen molar-refractivity contribution in [3.05, 3.63) is 199 Å². The van der Waals surface area contributed by atoms with Crippen LogP contribution < -0.4 is 4.90 Å². The zero-order valence-corrected chi connectivity index (χ0v) is 33.0. The molecule has 2 heterocycles. The van der Waals surface area contributed by atoms with Crippen LogP contribution in [0.3, 0.4) is 0 Å². The Kier molecular flexibility index (Phi) is 7.18. The zero-order chi connectivity index (χ0) is 38.5. The third-order valence-electron chi connectivity index (χ3n) is 12.5. The first-order chi connectivity index (χ1) is 28.5. The van der Waals surface area contributed by atoms with Crippen molar-refractivity contribution >= 4 is 81.3 Å². The number of thiophene rings is 1. The summed E-state index contributed by atoms with van der Waals surface area (Å²) in [5.41, 5.74) is 15.1. The van der Waals surface area contributed by atoms with Gasteiger partial charge in [-0.3, -0.25) is 0 Å². The molecule has 1 aliphatic carbocycles. The van der Waals surface area contributed by atoms with E-state index in [0.29, 0.717) is 0 Å². The Bertz CT molecular complexity index is 3420. The van der Waals surface area contributed by atoms with Crippen molar-refractivity contribution in [2.24, 2.45) is 0 Å². The molecule has 3 heteroatoms. The van der Waals surface area contributed by atoms with Crippen LogP contribution in [0, 0.1) is 0 Å². The number of nitrogens with zero attached hydrogens (tertiary/aromatic N) is 1. The predicted molar refractivity (Wildman–Crippen MR) is 247 cm³/mol. The minimum Gasteiger partial charge on any atom is -0.453 e. The Hall–Kier alpha value is -6.94. The van der Waals surface area contributed by atoms with Crippen LogP contribution in [0.5, 0.6) is 0 Å². The summed E-state index contributed by atoms with van der Waals surface area (Å²) in [6.45, 7) is 4.71. The SMILES string of the molecule is CC1(C)c2ccccc2-c2ccc(-c3cc4c5cccc(N(c6ccc(-c7ccccc7)cc6)c6ccc7sc8ccccc8c7c6)c5oc4c4ccccc34)cc21. The molecule has 0 saturated heterocycles. The minimum absolute atomic E-state index is 0.0832. The minimum atomic E-state index is -0.0832. The van der Waals surface area contributed by atoms with Crippen molar-refractivity contribution in [3.63, 3.8) is 0 Å². The van der Waals surface area contributed by atoms with Crippen LogP contribution in [0.1, 0.15) is 25.0 Å². The Balaban J connectivity index is 1.07. The molecule has 11 aromatic rings. The van der Waals surface area contributed by atoms with Crippen molar-refractivity contribution in [3.8, 4) is 33.4 Å². The molecule has 12 rings (SSSR count). The van der Waals surface area contributed by atoms with Gasteiger partial charge in [0.15, 0.2) is 5.58 Å². The van der Waals surface area contributed by atoms with E-state index in [4.69, 9.17) is 4.42 Å². The maximum absolute atomic E-state index is 7.16. The second-order valence-corrected chi connectivity index (χ2v) is 17.1. The van der Waals surface area contributed by atoms with E-state index in [2.05, 4.69) is 207 Å². The van der Waals surface area contributed by atoms with E-state index >= 15 is 0 Å². The summed E-state index contributed by atoms with van der Waals surface area (Å²) in [7, 11) is 0. The number of para-hydroxylation sites is 1. The van der Waals surface area contributed by atoms with Crippen molar-refractivity contribution in [1.29, 1.82) is 0 Å². The molecule has 274 valence electrons. The summed E-state index contributed by atoms with van der Waals surface area (Å²) in [6, 6.07) is 68.7. The molecule has 9 aromatic carbocycles. The average Bonchev–Trinajstić information content (AvgIpc) is 3.92. The molecule has 1 aliphatic rings. The van der Waals surface area contributed by atoms with Crippen molar-refractivity contribution < 1.29 is 4.42 Å². The summed E-state index contributed by atoms with van der Waals surface area (Å²) in [6.07, 6.45) is 0. The number of hydrogen-bond acceptors (Lipinski definition) is 3. The highest BCUT2D eigenvalue weighted by Gasteiger charge is 2.35. The van der Waals surface area contributed by atoms with Crippen molar-refractivity contribution in [2.45, 2.75) is 19.3 Å². The molecule has 0 bridgehead atoms. The summed E-state index contributed by atoms with van der Waals surface area (Å²) in [5.74, 6) is 0. The lowest BCUT2D eigenvalue weighted by atomic mass is 9.81. The van der Waals surface area contributed by atoms with Gasteiger partial charge in [-0.1, -0.05) is 147 Å². The van der Waals surface area contributed by atoms with Crippen LogP contribution in [0.4, 0.5) is 17.1 Å². The smallest absolute Gasteiger partial charge is 0.159 e. The summed E-state index contributed by atoms with van der Waals surface area (Å²) in [5, 5.41) is 7.06. The molecule has 0 N–H and O–H groups in total. The van der Waals surface area contributed by atoms with Gasteiger partial charge < -0.3 is 9.32 Å². The number of rotatable bonds is 5. The molecule has 58 heavy (non-hydrogen) atoms. The van der Waals surface area contributed by atoms with Crippen LogP contribution in [0.25, 0.3) is 86.3 Å². The standard InChI is InChI=1S/C55H37NOS/c1-55(2)48-20-10-8-16-40(48)41-29-25-36(31-49(41)55)45-33-47-44-19-12-21-50(54(44)57-53(47)43-18-7-6-15-39(43)45)56(37-26-23-35(24-27-37)34-13-4-3-5-14-34)38-28-30-52-46(32-38)42-17-9-11-22-51(42)58-52/h3-33H,1-2H3. The van der Waals surface area contributed by atoms with Crippen LogP contribution >= 0.6 is 11.3 Å². The predicted octanol–water partition coefficient (Wildman–Crippen LogP) is 16.2. The zero-order valence-electron chi connectivity index (χ0n) is 32.2. The van der Waals surface area contributed by atoms with Gasteiger partial charge in [-0.15, -0.1) is 11.3 Å². The third-order valence-corrected chi connectivity index (χ3v) is 13.6. The van der Waals surface area contributed by atoms with Crippen molar-refractivity contribution in [1.82, 2.24) is 0 Å². The fraction of sp³-hybridized carbons (Fsp3) is 0.0545. The first-order valence-corrected chi connectivity index (χ1v) is 20.8. The van der Waals surface area contributed by atoms with Gasteiger partial charge in [-0.05, 0) is 104 Å². The maximum atomic E-state index is 7.16. The molecule has 0 fully saturated rings. The van der Waals surface area contributed by atoms with Crippen LogP contribution in [0.15, 0.2) is 192 Å². The van der Waals surface area contributed by atoms with Gasteiger partial charge >= 0.3 is 0 Å². The normalized spacial score (nSPS) is 13.1. The van der Waals surface area contributed by atoms with E-state index in [1.807, 2.05) is 11.3 Å².